The molecule has 1 amide bonds. The number of nitrogens with two attached hydrogens (primary N) is 2. The van der Waals surface area contributed by atoms with Crippen molar-refractivity contribution in [3.8, 4) is 0 Å². The standard InChI is InChI=1S/C11H26N4O2/c1-8(2)5-6-10(17)15-9(16)4-3-7-14-11(12)13/h8-9,11,14,16H,3-7,12-13H2,1-2H3,(H,15,17). The van der Waals surface area contributed by atoms with Gasteiger partial charge < -0.3 is 21.9 Å². The van der Waals surface area contributed by atoms with Crippen LogP contribution in [0.5, 0.6) is 0 Å². The molecule has 6 heteroatoms. The van der Waals surface area contributed by atoms with E-state index in [9.17, 15) is 9.90 Å². The molecule has 1 atom stereocenters. The fourth-order valence-electron chi connectivity index (χ4n) is 1.31. The van der Waals surface area contributed by atoms with Gasteiger partial charge in [0.25, 0.3) is 0 Å². The summed E-state index contributed by atoms with van der Waals surface area (Å²) in [6.45, 7) is 4.74. The molecule has 0 aromatic heterocycles. The van der Waals surface area contributed by atoms with Crippen LogP contribution in [0, 0.1) is 5.92 Å². The molecule has 0 aliphatic carbocycles. The average Bonchev–Trinajstić information content (AvgIpc) is 2.21. The van der Waals surface area contributed by atoms with Crippen LogP contribution >= 0.6 is 0 Å². The maximum absolute atomic E-state index is 11.4. The summed E-state index contributed by atoms with van der Waals surface area (Å²) < 4.78 is 0. The van der Waals surface area contributed by atoms with Crippen molar-refractivity contribution in [1.82, 2.24) is 10.6 Å². The van der Waals surface area contributed by atoms with Crippen molar-refractivity contribution in [3.63, 3.8) is 0 Å². The van der Waals surface area contributed by atoms with Crippen molar-refractivity contribution < 1.29 is 9.90 Å². The molecule has 0 heterocycles. The van der Waals surface area contributed by atoms with Crippen LogP contribution in [0.3, 0.4) is 0 Å². The third kappa shape index (κ3) is 11.6. The zero-order valence-corrected chi connectivity index (χ0v) is 10.8. The normalized spacial score (nSPS) is 13.1. The molecule has 17 heavy (non-hydrogen) atoms. The highest BCUT2D eigenvalue weighted by Crippen LogP contribution is 2.03. The quantitative estimate of drug-likeness (QED) is 0.276. The third-order valence-electron chi connectivity index (χ3n) is 2.31. The van der Waals surface area contributed by atoms with Gasteiger partial charge in [-0.05, 0) is 31.7 Å². The Bertz CT molecular complexity index is 210. The fourth-order valence-corrected chi connectivity index (χ4v) is 1.31. The summed E-state index contributed by atoms with van der Waals surface area (Å²) in [6.07, 6.45) is 1.17. The first-order valence-corrected chi connectivity index (χ1v) is 6.13. The SMILES string of the molecule is CC(C)CCC(=O)NC(O)CCCNC(N)N. The van der Waals surface area contributed by atoms with Crippen LogP contribution in [0.1, 0.15) is 39.5 Å². The Balaban J connectivity index is 3.50. The lowest BCUT2D eigenvalue weighted by atomic mass is 10.1. The van der Waals surface area contributed by atoms with Crippen LogP contribution in [0.4, 0.5) is 0 Å². The maximum Gasteiger partial charge on any atom is 0.221 e. The Hall–Kier alpha value is -0.690. The topological polar surface area (TPSA) is 113 Å². The fraction of sp³-hybridized carbons (Fsp3) is 0.909. The van der Waals surface area contributed by atoms with Crippen molar-refractivity contribution in [2.45, 2.75) is 52.0 Å². The second-order valence-corrected chi connectivity index (χ2v) is 4.64. The molecule has 6 nitrogen and oxygen atoms in total. The second-order valence-electron chi connectivity index (χ2n) is 4.64. The van der Waals surface area contributed by atoms with Gasteiger partial charge in [0.15, 0.2) is 0 Å². The summed E-state index contributed by atoms with van der Waals surface area (Å²) in [5.41, 5.74) is 10.6. The zero-order valence-electron chi connectivity index (χ0n) is 10.8. The van der Waals surface area contributed by atoms with Gasteiger partial charge in [0.05, 0.1) is 0 Å². The predicted molar refractivity (Wildman–Crippen MR) is 67.6 cm³/mol. The molecule has 0 radical (unpaired) electrons. The lowest BCUT2D eigenvalue weighted by molar-refractivity contribution is -0.124. The minimum absolute atomic E-state index is 0.102. The zero-order chi connectivity index (χ0) is 13.3. The molecule has 0 aliphatic rings. The van der Waals surface area contributed by atoms with Gasteiger partial charge in [0, 0.05) is 6.42 Å². The summed E-state index contributed by atoms with van der Waals surface area (Å²) >= 11 is 0. The highest BCUT2D eigenvalue weighted by atomic mass is 16.3. The number of hydrogen-bond acceptors (Lipinski definition) is 5. The van der Waals surface area contributed by atoms with Crippen LogP contribution in [0.2, 0.25) is 0 Å². The number of amides is 1. The first-order valence-electron chi connectivity index (χ1n) is 6.13. The van der Waals surface area contributed by atoms with Crippen LogP contribution in [-0.4, -0.2) is 30.1 Å². The Morgan fingerprint density at radius 3 is 2.47 bits per heavy atom. The smallest absolute Gasteiger partial charge is 0.221 e. The van der Waals surface area contributed by atoms with E-state index in [2.05, 4.69) is 24.5 Å². The van der Waals surface area contributed by atoms with Crippen molar-refractivity contribution in [2.75, 3.05) is 6.54 Å². The third-order valence-corrected chi connectivity index (χ3v) is 2.31. The van der Waals surface area contributed by atoms with Gasteiger partial charge in [-0.3, -0.25) is 10.1 Å². The van der Waals surface area contributed by atoms with Gasteiger partial charge in [-0.1, -0.05) is 13.8 Å². The molecular weight excluding hydrogens is 220 g/mol. The number of rotatable bonds is 9. The van der Waals surface area contributed by atoms with Crippen molar-refractivity contribution >= 4 is 5.91 Å². The predicted octanol–water partition coefficient (Wildman–Crippen LogP) is -0.572. The minimum atomic E-state index is -0.787. The molecular formula is C11H26N4O2. The van der Waals surface area contributed by atoms with Crippen LogP contribution in [0.15, 0.2) is 0 Å². The first-order chi connectivity index (χ1) is 7.91. The molecule has 0 aliphatic heterocycles. The van der Waals surface area contributed by atoms with Gasteiger partial charge in [-0.2, -0.15) is 0 Å². The average molecular weight is 246 g/mol. The van der Waals surface area contributed by atoms with E-state index in [1.165, 1.54) is 0 Å². The molecule has 0 aromatic carbocycles. The summed E-state index contributed by atoms with van der Waals surface area (Å²) in [5.74, 6) is 0.392. The van der Waals surface area contributed by atoms with E-state index >= 15 is 0 Å². The number of carbonyl (C=O) groups excluding carboxylic acids is 1. The van der Waals surface area contributed by atoms with Gasteiger partial charge in [-0.15, -0.1) is 0 Å². The first kappa shape index (κ1) is 16.3. The number of carbonyl (C=O) groups is 1. The van der Waals surface area contributed by atoms with E-state index in [4.69, 9.17) is 11.5 Å². The molecule has 0 saturated heterocycles. The lowest BCUT2D eigenvalue weighted by Crippen LogP contribution is -2.45. The Morgan fingerprint density at radius 2 is 1.94 bits per heavy atom. The number of aliphatic hydroxyl groups excluding tert-OH is 1. The van der Waals surface area contributed by atoms with Crippen molar-refractivity contribution in [3.05, 3.63) is 0 Å². The molecule has 1 unspecified atom stereocenters. The molecule has 0 aromatic rings. The lowest BCUT2D eigenvalue weighted by Gasteiger charge is -2.14. The number of nitrogens with one attached hydrogen (secondary N) is 2. The Labute approximate surface area is 103 Å². The van der Waals surface area contributed by atoms with E-state index in [0.717, 1.165) is 6.42 Å². The Kier molecular flexibility index (Phi) is 8.97. The Morgan fingerprint density at radius 1 is 1.29 bits per heavy atom. The number of aliphatic hydroxyl groups is 1. The van der Waals surface area contributed by atoms with Gasteiger partial charge in [-0.25, -0.2) is 0 Å². The van der Waals surface area contributed by atoms with E-state index in [1.807, 2.05) is 0 Å². The van der Waals surface area contributed by atoms with Crippen molar-refractivity contribution in [2.24, 2.45) is 17.4 Å². The molecule has 0 saturated carbocycles. The highest BCUT2D eigenvalue weighted by molar-refractivity contribution is 5.75. The van der Waals surface area contributed by atoms with Crippen LogP contribution in [0.25, 0.3) is 0 Å². The van der Waals surface area contributed by atoms with Gasteiger partial charge >= 0.3 is 0 Å². The summed E-state index contributed by atoms with van der Waals surface area (Å²) in [7, 11) is 0. The molecule has 0 bridgehead atoms. The van der Waals surface area contributed by atoms with E-state index in [1.54, 1.807) is 0 Å². The summed E-state index contributed by atoms with van der Waals surface area (Å²) in [6, 6.07) is 0. The molecule has 102 valence electrons. The largest absolute Gasteiger partial charge is 0.374 e. The maximum atomic E-state index is 11.4. The number of hydrogen-bond donors (Lipinski definition) is 5. The van der Waals surface area contributed by atoms with E-state index in [-0.39, 0.29) is 5.91 Å². The van der Waals surface area contributed by atoms with Crippen LogP contribution < -0.4 is 22.1 Å². The minimum Gasteiger partial charge on any atom is -0.374 e. The monoisotopic (exact) mass is 246 g/mol. The van der Waals surface area contributed by atoms with E-state index in [0.29, 0.717) is 31.7 Å². The van der Waals surface area contributed by atoms with Crippen molar-refractivity contribution in [1.29, 1.82) is 0 Å². The molecule has 0 rings (SSSR count). The highest BCUT2D eigenvalue weighted by Gasteiger charge is 2.09. The van der Waals surface area contributed by atoms with E-state index < -0.39 is 12.5 Å². The van der Waals surface area contributed by atoms with Gasteiger partial charge in [0.2, 0.25) is 5.91 Å². The summed E-state index contributed by atoms with van der Waals surface area (Å²) in [5, 5.41) is 14.9. The molecule has 0 fully saturated rings. The molecule has 0 spiro atoms. The second kappa shape index (κ2) is 9.35. The van der Waals surface area contributed by atoms with Crippen LogP contribution in [-0.2, 0) is 4.79 Å². The summed E-state index contributed by atoms with van der Waals surface area (Å²) in [4.78, 5) is 11.4. The molecule has 7 N–H and O–H groups in total. The van der Waals surface area contributed by atoms with Gasteiger partial charge in [0.1, 0.15) is 12.5 Å².